The molecule has 0 aliphatic heterocycles. The Bertz CT molecular complexity index is 1090. The van der Waals surface area contributed by atoms with E-state index in [4.69, 9.17) is 0 Å². The van der Waals surface area contributed by atoms with E-state index in [0.717, 1.165) is 28.4 Å². The fourth-order valence-corrected chi connectivity index (χ4v) is 5.12. The molecule has 2 rings (SSSR count). The highest BCUT2D eigenvalue weighted by Crippen LogP contribution is 2.21. The zero-order valence-corrected chi connectivity index (χ0v) is 23.4. The van der Waals surface area contributed by atoms with E-state index in [9.17, 15) is 18.0 Å². The number of carbonyl (C=O) groups is 2. The molecule has 0 fully saturated rings. The van der Waals surface area contributed by atoms with Crippen molar-refractivity contribution in [1.29, 1.82) is 0 Å². The molecule has 7 nitrogen and oxygen atoms in total. The number of nitrogens with zero attached hydrogens (tertiary/aromatic N) is 2. The van der Waals surface area contributed by atoms with Crippen molar-refractivity contribution in [3.63, 3.8) is 0 Å². The molecule has 0 spiro atoms. The quantitative estimate of drug-likeness (QED) is 0.387. The van der Waals surface area contributed by atoms with Gasteiger partial charge in [0.15, 0.2) is 0 Å². The smallest absolute Gasteiger partial charge is 0.242 e. The van der Waals surface area contributed by atoms with Gasteiger partial charge in [-0.15, -0.1) is 0 Å². The van der Waals surface area contributed by atoms with Crippen molar-refractivity contribution in [2.45, 2.75) is 59.0 Å². The van der Waals surface area contributed by atoms with Crippen LogP contribution in [0.4, 0.5) is 5.69 Å². The molecule has 0 radical (unpaired) electrons. The Hall–Kier alpha value is -2.39. The Morgan fingerprint density at radius 1 is 1.06 bits per heavy atom. The Morgan fingerprint density at radius 2 is 1.74 bits per heavy atom. The Balaban J connectivity index is 2.14. The third-order valence-electron chi connectivity index (χ3n) is 5.74. The number of anilines is 1. The number of rotatable bonds is 13. The maximum Gasteiger partial charge on any atom is 0.242 e. The van der Waals surface area contributed by atoms with Gasteiger partial charge in [-0.1, -0.05) is 54.0 Å². The molecule has 1 N–H and O–H groups in total. The first-order chi connectivity index (χ1) is 16.6. The van der Waals surface area contributed by atoms with Crippen LogP contribution < -0.4 is 9.62 Å². The van der Waals surface area contributed by atoms with Crippen molar-refractivity contribution < 1.29 is 18.0 Å². The molecule has 35 heavy (non-hydrogen) atoms. The maximum absolute atomic E-state index is 13.3. The number of hydrogen-bond donors (Lipinski definition) is 1. The van der Waals surface area contributed by atoms with Gasteiger partial charge in [-0.2, -0.15) is 0 Å². The molecule has 2 amide bonds. The molecule has 9 heteroatoms. The number of hydrogen-bond acceptors (Lipinski definition) is 4. The second-order valence-corrected chi connectivity index (χ2v) is 11.4. The van der Waals surface area contributed by atoms with E-state index >= 15 is 0 Å². The van der Waals surface area contributed by atoms with E-state index < -0.39 is 16.1 Å². The second-order valence-electron chi connectivity index (χ2n) is 8.58. The topological polar surface area (TPSA) is 86.8 Å². The molecular formula is C26H36BrN3O4S. The maximum atomic E-state index is 13.3. The lowest BCUT2D eigenvalue weighted by Crippen LogP contribution is -2.47. The van der Waals surface area contributed by atoms with E-state index in [-0.39, 0.29) is 31.3 Å². The van der Waals surface area contributed by atoms with Gasteiger partial charge in [-0.25, -0.2) is 8.42 Å². The van der Waals surface area contributed by atoms with Gasteiger partial charge in [0.2, 0.25) is 21.8 Å². The van der Waals surface area contributed by atoms with Crippen molar-refractivity contribution in [1.82, 2.24) is 10.2 Å². The van der Waals surface area contributed by atoms with Crippen molar-refractivity contribution in [3.05, 3.63) is 64.1 Å². The van der Waals surface area contributed by atoms with Gasteiger partial charge >= 0.3 is 0 Å². The molecule has 0 aliphatic carbocycles. The molecule has 2 aromatic carbocycles. The molecule has 0 saturated carbocycles. The van der Waals surface area contributed by atoms with Crippen LogP contribution in [0.25, 0.3) is 0 Å². The Morgan fingerprint density at radius 3 is 2.31 bits per heavy atom. The largest absolute Gasteiger partial charge is 0.354 e. The number of aryl methyl sites for hydroxylation is 1. The molecule has 2 aromatic rings. The second kappa shape index (κ2) is 13.6. The van der Waals surface area contributed by atoms with Gasteiger partial charge in [0.05, 0.1) is 11.9 Å². The highest BCUT2D eigenvalue weighted by Gasteiger charge is 2.26. The van der Waals surface area contributed by atoms with E-state index in [2.05, 4.69) is 21.2 Å². The molecule has 0 bridgehead atoms. The van der Waals surface area contributed by atoms with Crippen LogP contribution in [0.15, 0.2) is 53.0 Å². The van der Waals surface area contributed by atoms with Crippen LogP contribution in [0.5, 0.6) is 0 Å². The summed E-state index contributed by atoms with van der Waals surface area (Å²) in [5.74, 6) is -0.400. The fourth-order valence-electron chi connectivity index (χ4n) is 3.71. The summed E-state index contributed by atoms with van der Waals surface area (Å²) in [5.41, 5.74) is 2.60. The average molecular weight is 567 g/mol. The Kier molecular flexibility index (Phi) is 11.2. The summed E-state index contributed by atoms with van der Waals surface area (Å²) < 4.78 is 27.1. The predicted octanol–water partition coefficient (Wildman–Crippen LogP) is 4.50. The minimum atomic E-state index is -3.51. The highest BCUT2D eigenvalue weighted by molar-refractivity contribution is 9.10. The zero-order chi connectivity index (χ0) is 26.0. The number of amides is 2. The van der Waals surface area contributed by atoms with Crippen LogP contribution in [-0.4, -0.2) is 50.5 Å². The van der Waals surface area contributed by atoms with Crippen molar-refractivity contribution in [3.8, 4) is 0 Å². The van der Waals surface area contributed by atoms with Crippen molar-refractivity contribution >= 4 is 43.5 Å². The molecule has 0 saturated heterocycles. The summed E-state index contributed by atoms with van der Waals surface area (Å²) in [7, 11) is -3.51. The highest BCUT2D eigenvalue weighted by atomic mass is 79.9. The van der Waals surface area contributed by atoms with Crippen LogP contribution >= 0.6 is 15.9 Å². The lowest BCUT2D eigenvalue weighted by molar-refractivity contribution is -0.140. The molecule has 0 heterocycles. The molecule has 0 aliphatic rings. The number of nitrogens with one attached hydrogen (secondary N) is 1. The van der Waals surface area contributed by atoms with E-state index in [1.807, 2.05) is 50.2 Å². The van der Waals surface area contributed by atoms with E-state index in [1.165, 1.54) is 10.6 Å². The van der Waals surface area contributed by atoms with Crippen molar-refractivity contribution in [2.24, 2.45) is 0 Å². The van der Waals surface area contributed by atoms with Crippen LogP contribution in [0, 0.1) is 0 Å². The third-order valence-corrected chi connectivity index (χ3v) is 7.43. The molecule has 192 valence electrons. The predicted molar refractivity (Wildman–Crippen MR) is 145 cm³/mol. The van der Waals surface area contributed by atoms with Crippen molar-refractivity contribution in [2.75, 3.05) is 23.7 Å². The Labute approximate surface area is 218 Å². The lowest BCUT2D eigenvalue weighted by atomic mass is 10.1. The number of carbonyl (C=O) groups excluding carboxylic acids is 2. The molecule has 0 aromatic heterocycles. The molecular weight excluding hydrogens is 530 g/mol. The summed E-state index contributed by atoms with van der Waals surface area (Å²) >= 11 is 3.45. The van der Waals surface area contributed by atoms with E-state index in [1.54, 1.807) is 24.0 Å². The van der Waals surface area contributed by atoms with Gasteiger partial charge in [0.1, 0.15) is 6.04 Å². The average Bonchev–Trinajstić information content (AvgIpc) is 2.82. The van der Waals surface area contributed by atoms with Gasteiger partial charge < -0.3 is 10.2 Å². The third kappa shape index (κ3) is 8.96. The summed E-state index contributed by atoms with van der Waals surface area (Å²) in [4.78, 5) is 27.5. The summed E-state index contributed by atoms with van der Waals surface area (Å²) in [6.07, 6.45) is 3.30. The molecule has 1 atom stereocenters. The SMILES string of the molecule is CCCNC(=O)[C@H](C)N(Cc1cccc(Br)c1)C(=O)CCCN(c1ccc(CC)cc1)S(C)(=O)=O. The minimum Gasteiger partial charge on any atom is -0.354 e. The van der Waals surface area contributed by atoms with Gasteiger partial charge in [-0.3, -0.25) is 13.9 Å². The lowest BCUT2D eigenvalue weighted by Gasteiger charge is -2.29. The monoisotopic (exact) mass is 565 g/mol. The first kappa shape index (κ1) is 28.8. The number of benzene rings is 2. The summed E-state index contributed by atoms with van der Waals surface area (Å²) in [5, 5.41) is 2.86. The summed E-state index contributed by atoms with van der Waals surface area (Å²) in [6, 6.07) is 14.4. The van der Waals surface area contributed by atoms with Gasteiger partial charge in [0.25, 0.3) is 0 Å². The number of sulfonamides is 1. The van der Waals surface area contributed by atoms with Crippen LogP contribution in [-0.2, 0) is 32.6 Å². The van der Waals surface area contributed by atoms with Crippen LogP contribution in [0.2, 0.25) is 0 Å². The molecule has 0 unspecified atom stereocenters. The van der Waals surface area contributed by atoms with Gasteiger partial charge in [-0.05, 0) is 61.6 Å². The first-order valence-corrected chi connectivity index (χ1v) is 14.6. The van der Waals surface area contributed by atoms with Gasteiger partial charge in [0, 0.05) is 30.5 Å². The standard InChI is InChI=1S/C26H36BrN3O4S/c1-5-16-28-26(32)20(3)29(19-22-9-7-10-23(27)18-22)25(31)11-8-17-30(35(4,33)34)24-14-12-21(6-2)13-15-24/h7,9-10,12-15,18,20H,5-6,8,11,16-17,19H2,1-4H3,(H,28,32)/t20-/m0/s1. The number of halogens is 1. The van der Waals surface area contributed by atoms with E-state index in [0.29, 0.717) is 18.7 Å². The zero-order valence-electron chi connectivity index (χ0n) is 21.0. The van der Waals surface area contributed by atoms with Crippen LogP contribution in [0.3, 0.4) is 0 Å². The normalized spacial score (nSPS) is 12.1. The summed E-state index contributed by atoms with van der Waals surface area (Å²) in [6.45, 7) is 6.74. The van der Waals surface area contributed by atoms with Crippen LogP contribution in [0.1, 0.15) is 51.2 Å². The fraction of sp³-hybridized carbons (Fsp3) is 0.462. The minimum absolute atomic E-state index is 0.123. The first-order valence-electron chi connectivity index (χ1n) is 11.9.